The SMILES string of the molecule is OCc1ccccc1Sc1ccccc1CNc1nc(N[C@@H]2CCc3ccccc32)c2ccccc2n1. The van der Waals surface area contributed by atoms with Crippen LogP contribution in [0.5, 0.6) is 0 Å². The van der Waals surface area contributed by atoms with Gasteiger partial charge in [0.15, 0.2) is 0 Å². The largest absolute Gasteiger partial charge is 0.392 e. The minimum atomic E-state index is 0.0236. The number of aromatic nitrogens is 2. The molecule has 0 unspecified atom stereocenters. The number of rotatable bonds is 8. The predicted molar refractivity (Wildman–Crippen MR) is 151 cm³/mol. The lowest BCUT2D eigenvalue weighted by Crippen LogP contribution is -2.11. The minimum Gasteiger partial charge on any atom is -0.392 e. The van der Waals surface area contributed by atoms with E-state index in [0.717, 1.165) is 50.5 Å². The number of anilines is 2. The Balaban J connectivity index is 1.26. The Morgan fingerprint density at radius 1 is 0.784 bits per heavy atom. The van der Waals surface area contributed by atoms with E-state index in [2.05, 4.69) is 53.1 Å². The molecular weight excluding hydrogens is 476 g/mol. The second-order valence-electron chi connectivity index (χ2n) is 9.18. The molecule has 1 atom stereocenters. The van der Waals surface area contributed by atoms with E-state index in [4.69, 9.17) is 9.97 Å². The minimum absolute atomic E-state index is 0.0236. The van der Waals surface area contributed by atoms with Crippen LogP contribution < -0.4 is 10.6 Å². The summed E-state index contributed by atoms with van der Waals surface area (Å²) in [5.74, 6) is 1.46. The van der Waals surface area contributed by atoms with E-state index in [-0.39, 0.29) is 12.6 Å². The molecule has 0 fully saturated rings. The lowest BCUT2D eigenvalue weighted by atomic mass is 10.1. The molecule has 37 heavy (non-hydrogen) atoms. The molecule has 5 nitrogen and oxygen atoms in total. The van der Waals surface area contributed by atoms with Gasteiger partial charge >= 0.3 is 0 Å². The number of aliphatic hydroxyl groups is 1. The molecule has 6 heteroatoms. The number of para-hydroxylation sites is 1. The van der Waals surface area contributed by atoms with Crippen LogP contribution in [0.25, 0.3) is 10.9 Å². The van der Waals surface area contributed by atoms with Crippen molar-refractivity contribution < 1.29 is 5.11 Å². The maximum absolute atomic E-state index is 9.74. The van der Waals surface area contributed by atoms with Gasteiger partial charge in [0, 0.05) is 21.7 Å². The first kappa shape index (κ1) is 23.5. The van der Waals surface area contributed by atoms with E-state index in [1.165, 1.54) is 11.1 Å². The second kappa shape index (κ2) is 10.6. The number of benzene rings is 4. The first-order chi connectivity index (χ1) is 18.3. The number of fused-ring (bicyclic) bond motifs is 2. The molecule has 3 N–H and O–H groups in total. The number of aliphatic hydroxyl groups excluding tert-OH is 1. The molecule has 184 valence electrons. The molecule has 0 amide bonds. The zero-order valence-electron chi connectivity index (χ0n) is 20.4. The van der Waals surface area contributed by atoms with Gasteiger partial charge in [0.2, 0.25) is 5.95 Å². The van der Waals surface area contributed by atoms with E-state index in [0.29, 0.717) is 12.5 Å². The van der Waals surface area contributed by atoms with Gasteiger partial charge in [-0.25, -0.2) is 4.98 Å². The Morgan fingerprint density at radius 3 is 2.35 bits per heavy atom. The van der Waals surface area contributed by atoms with Crippen molar-refractivity contribution in [3.63, 3.8) is 0 Å². The quantitative estimate of drug-likeness (QED) is 0.212. The third-order valence-electron chi connectivity index (χ3n) is 6.82. The first-order valence-corrected chi connectivity index (χ1v) is 13.4. The summed E-state index contributed by atoms with van der Waals surface area (Å²) in [4.78, 5) is 11.9. The summed E-state index contributed by atoms with van der Waals surface area (Å²) in [7, 11) is 0. The third kappa shape index (κ3) is 5.03. The van der Waals surface area contributed by atoms with E-state index in [9.17, 15) is 5.11 Å². The standard InChI is InChI=1S/C31H28N4OS/c36-20-23-11-3-8-16-29(23)37-28-15-7-2-10-22(28)19-32-31-34-26-14-6-5-13-25(26)30(35-31)33-27-18-17-21-9-1-4-12-24(21)27/h1-16,27,36H,17-20H2,(H2,32,33,34,35)/t27-/m1/s1. The third-order valence-corrected chi connectivity index (χ3v) is 8.06. The normalized spacial score (nSPS) is 14.5. The van der Waals surface area contributed by atoms with E-state index >= 15 is 0 Å². The van der Waals surface area contributed by atoms with Gasteiger partial charge < -0.3 is 15.7 Å². The molecule has 0 spiro atoms. The van der Waals surface area contributed by atoms with Crippen LogP contribution >= 0.6 is 11.8 Å². The molecule has 1 heterocycles. The van der Waals surface area contributed by atoms with Crippen LogP contribution in [0.1, 0.15) is 34.7 Å². The van der Waals surface area contributed by atoms with Crippen LogP contribution in [-0.2, 0) is 19.6 Å². The summed E-state index contributed by atoms with van der Waals surface area (Å²) >= 11 is 1.67. The maximum Gasteiger partial charge on any atom is 0.225 e. The van der Waals surface area contributed by atoms with Gasteiger partial charge in [-0.3, -0.25) is 0 Å². The van der Waals surface area contributed by atoms with Gasteiger partial charge in [-0.05, 0) is 59.4 Å². The van der Waals surface area contributed by atoms with Gasteiger partial charge in [-0.2, -0.15) is 4.98 Å². The zero-order chi connectivity index (χ0) is 25.0. The van der Waals surface area contributed by atoms with Crippen LogP contribution in [0.2, 0.25) is 0 Å². The molecule has 0 aliphatic heterocycles. The number of nitrogens with one attached hydrogen (secondary N) is 2. The van der Waals surface area contributed by atoms with Crippen LogP contribution in [0.15, 0.2) is 107 Å². The molecule has 0 radical (unpaired) electrons. The molecule has 1 aromatic heterocycles. The van der Waals surface area contributed by atoms with Crippen molar-refractivity contribution in [1.82, 2.24) is 9.97 Å². The second-order valence-corrected chi connectivity index (χ2v) is 10.3. The van der Waals surface area contributed by atoms with Gasteiger partial charge in [0.1, 0.15) is 5.82 Å². The lowest BCUT2D eigenvalue weighted by Gasteiger charge is -2.18. The molecule has 1 aliphatic rings. The van der Waals surface area contributed by atoms with Crippen LogP contribution in [-0.4, -0.2) is 15.1 Å². The highest BCUT2D eigenvalue weighted by molar-refractivity contribution is 7.99. The van der Waals surface area contributed by atoms with E-state index in [1.54, 1.807) is 11.8 Å². The topological polar surface area (TPSA) is 70.1 Å². The highest BCUT2D eigenvalue weighted by Crippen LogP contribution is 2.36. The smallest absolute Gasteiger partial charge is 0.225 e. The Labute approximate surface area is 221 Å². The molecule has 0 saturated heterocycles. The maximum atomic E-state index is 9.74. The van der Waals surface area contributed by atoms with E-state index in [1.807, 2.05) is 54.6 Å². The van der Waals surface area contributed by atoms with Gasteiger partial charge in [0.25, 0.3) is 0 Å². The average Bonchev–Trinajstić information content (AvgIpc) is 3.35. The van der Waals surface area contributed by atoms with Gasteiger partial charge in [-0.15, -0.1) is 0 Å². The molecular formula is C31H28N4OS. The van der Waals surface area contributed by atoms with Gasteiger partial charge in [0.05, 0.1) is 18.2 Å². The molecule has 0 saturated carbocycles. The van der Waals surface area contributed by atoms with Crippen molar-refractivity contribution in [3.05, 3.63) is 119 Å². The number of hydrogen-bond acceptors (Lipinski definition) is 6. The Morgan fingerprint density at radius 2 is 1.49 bits per heavy atom. The number of aryl methyl sites for hydroxylation is 1. The number of hydrogen-bond donors (Lipinski definition) is 3. The van der Waals surface area contributed by atoms with Crippen molar-refractivity contribution >= 4 is 34.4 Å². The zero-order valence-corrected chi connectivity index (χ0v) is 21.2. The summed E-state index contributed by atoms with van der Waals surface area (Å²) in [6.45, 7) is 0.615. The van der Waals surface area contributed by atoms with Crippen LogP contribution in [0, 0.1) is 0 Å². The molecule has 5 aromatic rings. The fourth-order valence-electron chi connectivity index (χ4n) is 4.91. The summed E-state index contributed by atoms with van der Waals surface area (Å²) in [6, 6.07) is 33.3. The predicted octanol–water partition coefficient (Wildman–Crippen LogP) is 6.98. The summed E-state index contributed by atoms with van der Waals surface area (Å²) < 4.78 is 0. The molecule has 4 aromatic carbocycles. The molecule has 6 rings (SSSR count). The lowest BCUT2D eigenvalue weighted by molar-refractivity contribution is 0.279. The molecule has 1 aliphatic carbocycles. The highest BCUT2D eigenvalue weighted by atomic mass is 32.2. The fraction of sp³-hybridized carbons (Fsp3) is 0.161. The van der Waals surface area contributed by atoms with Crippen molar-refractivity contribution in [1.29, 1.82) is 0 Å². The average molecular weight is 505 g/mol. The summed E-state index contributed by atoms with van der Waals surface area (Å²) in [5.41, 5.74) is 5.75. The Bertz CT molecular complexity index is 1550. The number of nitrogens with zero attached hydrogens (tertiary/aromatic N) is 2. The summed E-state index contributed by atoms with van der Waals surface area (Å²) in [5, 5.41) is 17.9. The van der Waals surface area contributed by atoms with Crippen LogP contribution in [0.4, 0.5) is 11.8 Å². The van der Waals surface area contributed by atoms with Gasteiger partial charge in [-0.1, -0.05) is 84.6 Å². The van der Waals surface area contributed by atoms with Crippen molar-refractivity contribution in [2.75, 3.05) is 10.6 Å². The Hall–Kier alpha value is -3.87. The van der Waals surface area contributed by atoms with Crippen molar-refractivity contribution in [2.24, 2.45) is 0 Å². The molecule has 0 bridgehead atoms. The van der Waals surface area contributed by atoms with Crippen molar-refractivity contribution in [3.8, 4) is 0 Å². The monoisotopic (exact) mass is 504 g/mol. The van der Waals surface area contributed by atoms with E-state index < -0.39 is 0 Å². The Kier molecular flexibility index (Phi) is 6.76. The summed E-state index contributed by atoms with van der Waals surface area (Å²) in [6.07, 6.45) is 2.14. The van der Waals surface area contributed by atoms with Crippen molar-refractivity contribution in [2.45, 2.75) is 41.8 Å². The first-order valence-electron chi connectivity index (χ1n) is 12.6. The highest BCUT2D eigenvalue weighted by Gasteiger charge is 2.23. The van der Waals surface area contributed by atoms with Crippen LogP contribution in [0.3, 0.4) is 0 Å². The fourth-order valence-corrected chi connectivity index (χ4v) is 5.98.